The summed E-state index contributed by atoms with van der Waals surface area (Å²) in [6.45, 7) is 5.73. The van der Waals surface area contributed by atoms with Crippen molar-refractivity contribution in [2.75, 3.05) is 6.54 Å². The highest BCUT2D eigenvalue weighted by molar-refractivity contribution is 9.10. The molecule has 1 heterocycles. The van der Waals surface area contributed by atoms with Crippen LogP contribution >= 0.6 is 27.3 Å². The Morgan fingerprint density at radius 2 is 2.21 bits per heavy atom. The number of rotatable bonds is 6. The topological polar surface area (TPSA) is 12.0 Å². The maximum atomic E-state index is 3.80. The standard InChI is InChI=1S/C16H26BrNS/c1-3-8-18-16(14-10-19-11-15(14)17)13-7-5-6-12(4-2)9-13/h10-13,16,18H,3-9H2,1-2H3. The van der Waals surface area contributed by atoms with Gasteiger partial charge in [0.15, 0.2) is 0 Å². The van der Waals surface area contributed by atoms with Gasteiger partial charge in [-0.3, -0.25) is 0 Å². The summed E-state index contributed by atoms with van der Waals surface area (Å²) < 4.78 is 1.30. The lowest BCUT2D eigenvalue weighted by atomic mass is 9.75. The van der Waals surface area contributed by atoms with Gasteiger partial charge in [-0.05, 0) is 64.5 Å². The summed E-state index contributed by atoms with van der Waals surface area (Å²) >= 11 is 5.54. The summed E-state index contributed by atoms with van der Waals surface area (Å²) in [5.41, 5.74) is 1.49. The first-order valence-corrected chi connectivity index (χ1v) is 9.44. The van der Waals surface area contributed by atoms with Crippen molar-refractivity contribution in [3.8, 4) is 0 Å². The van der Waals surface area contributed by atoms with Crippen LogP contribution in [0.15, 0.2) is 15.2 Å². The molecule has 1 aliphatic carbocycles. The summed E-state index contributed by atoms with van der Waals surface area (Å²) in [4.78, 5) is 0. The molecule has 0 aliphatic heterocycles. The molecule has 1 saturated carbocycles. The molecule has 0 bridgehead atoms. The van der Waals surface area contributed by atoms with E-state index >= 15 is 0 Å². The zero-order valence-electron chi connectivity index (χ0n) is 12.1. The molecule has 3 heteroatoms. The minimum absolute atomic E-state index is 0.551. The first kappa shape index (κ1) is 15.5. The third kappa shape index (κ3) is 4.05. The van der Waals surface area contributed by atoms with E-state index in [1.807, 2.05) is 11.3 Å². The van der Waals surface area contributed by atoms with Crippen LogP contribution in [0.5, 0.6) is 0 Å². The van der Waals surface area contributed by atoms with E-state index in [0.29, 0.717) is 6.04 Å². The molecule has 0 saturated heterocycles. The van der Waals surface area contributed by atoms with E-state index < -0.39 is 0 Å². The molecule has 1 fully saturated rings. The van der Waals surface area contributed by atoms with Crippen LogP contribution in [0, 0.1) is 11.8 Å². The number of hydrogen-bond acceptors (Lipinski definition) is 2. The molecule has 1 N–H and O–H groups in total. The molecule has 2 rings (SSSR count). The summed E-state index contributed by atoms with van der Waals surface area (Å²) in [5, 5.41) is 8.35. The minimum Gasteiger partial charge on any atom is -0.310 e. The van der Waals surface area contributed by atoms with E-state index in [0.717, 1.165) is 18.4 Å². The van der Waals surface area contributed by atoms with Gasteiger partial charge in [-0.25, -0.2) is 0 Å². The van der Waals surface area contributed by atoms with E-state index in [9.17, 15) is 0 Å². The zero-order valence-corrected chi connectivity index (χ0v) is 14.5. The average Bonchev–Trinajstić information content (AvgIpc) is 2.86. The smallest absolute Gasteiger partial charge is 0.0368 e. The molecule has 0 radical (unpaired) electrons. The predicted octanol–water partition coefficient (Wildman–Crippen LogP) is 5.77. The Morgan fingerprint density at radius 3 is 2.84 bits per heavy atom. The molecular weight excluding hydrogens is 318 g/mol. The maximum absolute atomic E-state index is 3.80. The number of nitrogens with one attached hydrogen (secondary N) is 1. The average molecular weight is 344 g/mol. The monoisotopic (exact) mass is 343 g/mol. The van der Waals surface area contributed by atoms with Crippen molar-refractivity contribution in [2.45, 2.75) is 58.4 Å². The first-order chi connectivity index (χ1) is 9.26. The molecule has 1 nitrogen and oxygen atoms in total. The highest BCUT2D eigenvalue weighted by Gasteiger charge is 2.29. The van der Waals surface area contributed by atoms with Gasteiger partial charge in [-0.2, -0.15) is 11.3 Å². The van der Waals surface area contributed by atoms with E-state index in [2.05, 4.69) is 45.9 Å². The Morgan fingerprint density at radius 1 is 1.37 bits per heavy atom. The summed E-state index contributed by atoms with van der Waals surface area (Å²) in [5.74, 6) is 1.76. The van der Waals surface area contributed by atoms with Crippen LogP contribution < -0.4 is 5.32 Å². The van der Waals surface area contributed by atoms with E-state index in [1.165, 1.54) is 48.6 Å². The fourth-order valence-electron chi connectivity index (χ4n) is 3.35. The van der Waals surface area contributed by atoms with E-state index in [1.54, 1.807) is 0 Å². The van der Waals surface area contributed by atoms with Crippen molar-refractivity contribution >= 4 is 27.3 Å². The van der Waals surface area contributed by atoms with Crippen LogP contribution in [0.4, 0.5) is 0 Å². The van der Waals surface area contributed by atoms with Crippen molar-refractivity contribution < 1.29 is 0 Å². The predicted molar refractivity (Wildman–Crippen MR) is 88.8 cm³/mol. The number of halogens is 1. The fraction of sp³-hybridized carbons (Fsp3) is 0.750. The van der Waals surface area contributed by atoms with Crippen LogP contribution in [0.3, 0.4) is 0 Å². The van der Waals surface area contributed by atoms with Crippen molar-refractivity contribution in [1.82, 2.24) is 5.32 Å². The lowest BCUT2D eigenvalue weighted by Crippen LogP contribution is -2.32. The van der Waals surface area contributed by atoms with Gasteiger partial charge >= 0.3 is 0 Å². The normalized spacial score (nSPS) is 25.4. The third-order valence-corrected chi connectivity index (χ3v) is 6.22. The summed E-state index contributed by atoms with van der Waals surface area (Å²) in [6.07, 6.45) is 8.21. The Kier molecular flexibility index (Phi) is 6.37. The molecule has 0 spiro atoms. The van der Waals surface area contributed by atoms with Gasteiger partial charge in [0.05, 0.1) is 0 Å². The Balaban J connectivity index is 2.10. The highest BCUT2D eigenvalue weighted by Crippen LogP contribution is 2.41. The molecule has 108 valence electrons. The largest absolute Gasteiger partial charge is 0.310 e. The third-order valence-electron chi connectivity index (χ3n) is 4.46. The van der Waals surface area contributed by atoms with E-state index in [4.69, 9.17) is 0 Å². The Hall–Kier alpha value is 0.140. The van der Waals surface area contributed by atoms with Crippen LogP contribution in [-0.4, -0.2) is 6.54 Å². The molecule has 3 atom stereocenters. The van der Waals surface area contributed by atoms with E-state index in [-0.39, 0.29) is 0 Å². The molecule has 0 aromatic carbocycles. The molecule has 19 heavy (non-hydrogen) atoms. The lowest BCUT2D eigenvalue weighted by molar-refractivity contribution is 0.209. The van der Waals surface area contributed by atoms with Gasteiger partial charge in [-0.15, -0.1) is 0 Å². The van der Waals surface area contributed by atoms with Gasteiger partial charge in [0, 0.05) is 15.9 Å². The van der Waals surface area contributed by atoms with Crippen molar-refractivity contribution in [1.29, 1.82) is 0 Å². The maximum Gasteiger partial charge on any atom is 0.0368 e. The second-order valence-electron chi connectivity index (χ2n) is 5.81. The van der Waals surface area contributed by atoms with Crippen LogP contribution in [0.25, 0.3) is 0 Å². The van der Waals surface area contributed by atoms with Crippen molar-refractivity contribution in [3.05, 3.63) is 20.8 Å². The second kappa shape index (κ2) is 7.80. The Labute approximate surface area is 130 Å². The fourth-order valence-corrected chi connectivity index (χ4v) is 4.93. The zero-order chi connectivity index (χ0) is 13.7. The van der Waals surface area contributed by atoms with Gasteiger partial charge in [-0.1, -0.05) is 33.1 Å². The summed E-state index contributed by atoms with van der Waals surface area (Å²) in [6, 6.07) is 0.551. The summed E-state index contributed by atoms with van der Waals surface area (Å²) in [7, 11) is 0. The van der Waals surface area contributed by atoms with Crippen LogP contribution in [-0.2, 0) is 0 Å². The molecule has 0 amide bonds. The molecule has 1 aromatic rings. The molecule has 1 aliphatic rings. The molecule has 3 unspecified atom stereocenters. The van der Waals surface area contributed by atoms with Gasteiger partial charge < -0.3 is 5.32 Å². The minimum atomic E-state index is 0.551. The highest BCUT2D eigenvalue weighted by atomic mass is 79.9. The number of thiophene rings is 1. The molecular formula is C16H26BrNS. The SMILES string of the molecule is CCCNC(c1cscc1Br)C1CCCC(CC)C1. The second-order valence-corrected chi connectivity index (χ2v) is 7.41. The van der Waals surface area contributed by atoms with Gasteiger partial charge in [0.25, 0.3) is 0 Å². The van der Waals surface area contributed by atoms with Crippen molar-refractivity contribution in [2.24, 2.45) is 11.8 Å². The Bertz CT molecular complexity index is 377. The quantitative estimate of drug-likeness (QED) is 0.691. The first-order valence-electron chi connectivity index (χ1n) is 7.71. The van der Waals surface area contributed by atoms with Gasteiger partial charge in [0.2, 0.25) is 0 Å². The van der Waals surface area contributed by atoms with Crippen molar-refractivity contribution in [3.63, 3.8) is 0 Å². The lowest BCUT2D eigenvalue weighted by Gasteiger charge is -2.35. The number of hydrogen-bond donors (Lipinski definition) is 1. The van der Waals surface area contributed by atoms with Gasteiger partial charge in [0.1, 0.15) is 0 Å². The molecule has 1 aromatic heterocycles. The van der Waals surface area contributed by atoms with Crippen LogP contribution in [0.1, 0.15) is 64.0 Å². The van der Waals surface area contributed by atoms with Crippen LogP contribution in [0.2, 0.25) is 0 Å².